The summed E-state index contributed by atoms with van der Waals surface area (Å²) in [5.41, 5.74) is 1.43. The van der Waals surface area contributed by atoms with Crippen LogP contribution >= 0.6 is 27.3 Å². The van der Waals surface area contributed by atoms with Gasteiger partial charge in [-0.05, 0) is 47.1 Å². The number of carbonyl (C=O) groups excluding carboxylic acids is 1. The molecule has 6 heteroatoms. The second-order valence-corrected chi connectivity index (χ2v) is 7.42. The monoisotopic (exact) mass is 383 g/mol. The van der Waals surface area contributed by atoms with E-state index in [4.69, 9.17) is 9.47 Å². The Morgan fingerprint density at radius 2 is 1.82 bits per heavy atom. The molecule has 0 spiro atoms. The molecule has 0 bridgehead atoms. The first-order valence-electron chi connectivity index (χ1n) is 6.68. The van der Waals surface area contributed by atoms with E-state index in [1.165, 1.54) is 0 Å². The zero-order chi connectivity index (χ0) is 16.3. The van der Waals surface area contributed by atoms with Crippen molar-refractivity contribution < 1.29 is 14.3 Å². The Hall–Kier alpha value is -1.53. The van der Waals surface area contributed by atoms with Crippen molar-refractivity contribution in [2.24, 2.45) is 0 Å². The number of ether oxygens (including phenoxy) is 2. The van der Waals surface area contributed by atoms with E-state index < -0.39 is 0 Å². The second-order valence-electron chi connectivity index (χ2n) is 4.87. The number of amides is 1. The van der Waals surface area contributed by atoms with Crippen LogP contribution < -0.4 is 9.47 Å². The summed E-state index contributed by atoms with van der Waals surface area (Å²) in [6.07, 6.45) is 0. The third-order valence-corrected chi connectivity index (χ3v) is 4.98. The number of carbonyl (C=O) groups is 1. The summed E-state index contributed by atoms with van der Waals surface area (Å²) in [6.45, 7) is 2.46. The number of methoxy groups -OCH3 is 2. The first kappa shape index (κ1) is 16.8. The average molecular weight is 384 g/mol. The van der Waals surface area contributed by atoms with E-state index in [9.17, 15) is 4.79 Å². The molecule has 0 aliphatic rings. The summed E-state index contributed by atoms with van der Waals surface area (Å²) in [6, 6.07) is 7.49. The van der Waals surface area contributed by atoms with Crippen molar-refractivity contribution in [3.8, 4) is 11.5 Å². The molecule has 2 aromatic rings. The molecule has 0 fully saturated rings. The zero-order valence-electron chi connectivity index (χ0n) is 13.0. The van der Waals surface area contributed by atoms with Gasteiger partial charge < -0.3 is 14.4 Å². The van der Waals surface area contributed by atoms with E-state index in [0.717, 1.165) is 14.2 Å². The topological polar surface area (TPSA) is 38.8 Å². The average Bonchev–Trinajstić information content (AvgIpc) is 2.91. The molecule has 1 aromatic heterocycles. The van der Waals surface area contributed by atoms with Gasteiger partial charge in [-0.2, -0.15) is 0 Å². The summed E-state index contributed by atoms with van der Waals surface area (Å²) in [4.78, 5) is 15.4. The van der Waals surface area contributed by atoms with Crippen LogP contribution in [0.4, 0.5) is 0 Å². The molecule has 22 heavy (non-hydrogen) atoms. The van der Waals surface area contributed by atoms with Gasteiger partial charge in [0.2, 0.25) is 0 Å². The molecule has 2 rings (SSSR count). The number of hydrogen-bond acceptors (Lipinski definition) is 4. The van der Waals surface area contributed by atoms with Crippen LogP contribution in [0.3, 0.4) is 0 Å². The minimum atomic E-state index is -0.0684. The molecule has 0 saturated carbocycles. The molecule has 1 amide bonds. The molecule has 0 radical (unpaired) electrons. The molecule has 4 nitrogen and oxygen atoms in total. The summed E-state index contributed by atoms with van der Waals surface area (Å²) < 4.78 is 11.7. The van der Waals surface area contributed by atoms with E-state index >= 15 is 0 Å². The van der Waals surface area contributed by atoms with Gasteiger partial charge in [-0.15, -0.1) is 11.3 Å². The Morgan fingerprint density at radius 1 is 1.23 bits per heavy atom. The lowest BCUT2D eigenvalue weighted by Gasteiger charge is -2.18. The van der Waals surface area contributed by atoms with E-state index in [0.29, 0.717) is 23.6 Å². The fourth-order valence-corrected chi connectivity index (χ4v) is 3.71. The van der Waals surface area contributed by atoms with Gasteiger partial charge in [0.05, 0.1) is 24.6 Å². The van der Waals surface area contributed by atoms with E-state index in [-0.39, 0.29) is 5.91 Å². The first-order chi connectivity index (χ1) is 10.5. The van der Waals surface area contributed by atoms with Gasteiger partial charge in [0.1, 0.15) is 11.5 Å². The largest absolute Gasteiger partial charge is 0.496 e. The van der Waals surface area contributed by atoms with E-state index in [1.807, 2.05) is 19.1 Å². The quantitative estimate of drug-likeness (QED) is 0.779. The molecule has 118 valence electrons. The van der Waals surface area contributed by atoms with Gasteiger partial charge >= 0.3 is 0 Å². The standard InChI is InChI=1S/C16H18BrNO3S/c1-10-13(20-3)7-11(8-14(10)21-4)16(19)18(2)9-12-5-6-15(17)22-12/h5-8H,9H2,1-4H3. The van der Waals surface area contributed by atoms with Crippen LogP contribution in [-0.4, -0.2) is 32.1 Å². The minimum absolute atomic E-state index is 0.0684. The number of rotatable bonds is 5. The highest BCUT2D eigenvalue weighted by molar-refractivity contribution is 9.11. The summed E-state index contributed by atoms with van der Waals surface area (Å²) >= 11 is 5.05. The van der Waals surface area contributed by atoms with Gasteiger partial charge in [-0.1, -0.05) is 0 Å². The Kier molecular flexibility index (Phi) is 5.47. The van der Waals surface area contributed by atoms with E-state index in [1.54, 1.807) is 49.6 Å². The van der Waals surface area contributed by atoms with Crippen molar-refractivity contribution in [1.82, 2.24) is 4.90 Å². The summed E-state index contributed by atoms with van der Waals surface area (Å²) in [7, 11) is 4.96. The number of nitrogens with zero attached hydrogens (tertiary/aromatic N) is 1. The molecule has 0 saturated heterocycles. The maximum atomic E-state index is 12.6. The van der Waals surface area contributed by atoms with Crippen LogP contribution in [0.5, 0.6) is 11.5 Å². The third-order valence-electron chi connectivity index (χ3n) is 3.37. The predicted octanol–water partition coefficient (Wildman–Crippen LogP) is 4.11. The van der Waals surface area contributed by atoms with Gasteiger partial charge in [-0.25, -0.2) is 0 Å². The molecular formula is C16H18BrNO3S. The molecule has 1 heterocycles. The van der Waals surface area contributed by atoms with Gasteiger partial charge in [0.25, 0.3) is 5.91 Å². The van der Waals surface area contributed by atoms with Crippen molar-refractivity contribution >= 4 is 33.2 Å². The third kappa shape index (κ3) is 3.62. The van der Waals surface area contributed by atoms with Crippen molar-refractivity contribution in [1.29, 1.82) is 0 Å². The minimum Gasteiger partial charge on any atom is -0.496 e. The fraction of sp³-hybridized carbons (Fsp3) is 0.312. The van der Waals surface area contributed by atoms with Crippen molar-refractivity contribution in [3.63, 3.8) is 0 Å². The normalized spacial score (nSPS) is 10.4. The highest BCUT2D eigenvalue weighted by Gasteiger charge is 2.17. The fourth-order valence-electron chi connectivity index (χ4n) is 2.17. The maximum Gasteiger partial charge on any atom is 0.254 e. The maximum absolute atomic E-state index is 12.6. The Morgan fingerprint density at radius 3 is 2.27 bits per heavy atom. The van der Waals surface area contributed by atoms with Crippen LogP contribution in [0, 0.1) is 6.92 Å². The zero-order valence-corrected chi connectivity index (χ0v) is 15.4. The van der Waals surface area contributed by atoms with Crippen molar-refractivity contribution in [2.75, 3.05) is 21.3 Å². The van der Waals surface area contributed by atoms with Crippen LogP contribution in [0.2, 0.25) is 0 Å². The Labute approximate surface area is 142 Å². The van der Waals surface area contributed by atoms with Crippen molar-refractivity contribution in [2.45, 2.75) is 13.5 Å². The number of thiophene rings is 1. The number of hydrogen-bond donors (Lipinski definition) is 0. The smallest absolute Gasteiger partial charge is 0.254 e. The number of benzene rings is 1. The first-order valence-corrected chi connectivity index (χ1v) is 8.29. The van der Waals surface area contributed by atoms with Gasteiger partial charge in [0, 0.05) is 23.1 Å². The highest BCUT2D eigenvalue weighted by atomic mass is 79.9. The number of halogens is 1. The second kappa shape index (κ2) is 7.15. The highest BCUT2D eigenvalue weighted by Crippen LogP contribution is 2.30. The van der Waals surface area contributed by atoms with Crippen molar-refractivity contribution in [3.05, 3.63) is 44.1 Å². The molecular weight excluding hydrogens is 366 g/mol. The molecule has 1 aromatic carbocycles. The van der Waals surface area contributed by atoms with E-state index in [2.05, 4.69) is 15.9 Å². The Balaban J connectivity index is 2.24. The molecule has 0 aliphatic heterocycles. The lowest BCUT2D eigenvalue weighted by atomic mass is 10.1. The lowest BCUT2D eigenvalue weighted by Crippen LogP contribution is -2.25. The summed E-state index contributed by atoms with van der Waals surface area (Å²) in [5.74, 6) is 1.23. The van der Waals surface area contributed by atoms with Gasteiger partial charge in [0.15, 0.2) is 0 Å². The van der Waals surface area contributed by atoms with Crippen LogP contribution in [0.15, 0.2) is 28.1 Å². The molecule has 0 aliphatic carbocycles. The van der Waals surface area contributed by atoms with Crippen LogP contribution in [0.1, 0.15) is 20.8 Å². The molecule has 0 N–H and O–H groups in total. The Bertz CT molecular complexity index is 659. The summed E-state index contributed by atoms with van der Waals surface area (Å²) in [5, 5.41) is 0. The van der Waals surface area contributed by atoms with Gasteiger partial charge in [-0.3, -0.25) is 4.79 Å². The lowest BCUT2D eigenvalue weighted by molar-refractivity contribution is 0.0785. The SMILES string of the molecule is COc1cc(C(=O)N(C)Cc2ccc(Br)s2)cc(OC)c1C. The van der Waals surface area contributed by atoms with Crippen LogP contribution in [-0.2, 0) is 6.54 Å². The molecule has 0 unspecified atom stereocenters. The molecule has 0 atom stereocenters. The predicted molar refractivity (Wildman–Crippen MR) is 92.1 cm³/mol. The van der Waals surface area contributed by atoms with Crippen LogP contribution in [0.25, 0.3) is 0 Å².